The van der Waals surface area contributed by atoms with Gasteiger partial charge in [0.25, 0.3) is 0 Å². The van der Waals surface area contributed by atoms with Gasteiger partial charge in [0.1, 0.15) is 0 Å². The van der Waals surface area contributed by atoms with Gasteiger partial charge in [-0.15, -0.1) is 0 Å². The average Bonchev–Trinajstić information content (AvgIpc) is 3.49. The van der Waals surface area contributed by atoms with Crippen molar-refractivity contribution in [1.82, 2.24) is 19.6 Å². The summed E-state index contributed by atoms with van der Waals surface area (Å²) in [4.78, 5) is 0. The summed E-state index contributed by atoms with van der Waals surface area (Å²) in [5, 5.41) is 10.2. The normalized spacial score (nSPS) is 19.5. The summed E-state index contributed by atoms with van der Waals surface area (Å²) in [5.74, 6) is 0. The minimum Gasteiger partial charge on any atom is -0.241 e. The van der Waals surface area contributed by atoms with Crippen LogP contribution in [0.5, 0.6) is 0 Å². The summed E-state index contributed by atoms with van der Waals surface area (Å²) in [5.41, 5.74) is 6.19. The first-order valence-corrected chi connectivity index (χ1v) is 12.2. The Balaban J connectivity index is 1.80. The van der Waals surface area contributed by atoms with Gasteiger partial charge >= 0.3 is 0 Å². The van der Waals surface area contributed by atoms with Gasteiger partial charge in [-0.25, -0.2) is 9.36 Å². The quantitative estimate of drug-likeness (QED) is 0.291. The molecule has 0 amide bonds. The molecule has 1 aliphatic heterocycles. The molecular weight excluding hydrogens is 416 g/mol. The van der Waals surface area contributed by atoms with E-state index in [1.165, 1.54) is 11.1 Å². The number of hydrogen-bond donors (Lipinski definition) is 0. The maximum Gasteiger partial charge on any atom is 0.0693 e. The Kier molecular flexibility index (Phi) is 4.78. The van der Waals surface area contributed by atoms with Crippen LogP contribution >= 0.6 is 0 Å². The largest absolute Gasteiger partial charge is 0.241 e. The van der Waals surface area contributed by atoms with Crippen molar-refractivity contribution < 1.29 is 0 Å². The fourth-order valence-corrected chi connectivity index (χ4v) is 5.04. The van der Waals surface area contributed by atoms with Crippen LogP contribution in [0.2, 0.25) is 0 Å². The van der Waals surface area contributed by atoms with Gasteiger partial charge in [-0.2, -0.15) is 10.2 Å². The molecule has 5 rings (SSSR count). The highest BCUT2D eigenvalue weighted by atomic mass is 15.3. The van der Waals surface area contributed by atoms with Crippen LogP contribution < -0.4 is 0 Å². The lowest BCUT2D eigenvalue weighted by Crippen LogP contribution is -2.41. The third-order valence-electron chi connectivity index (χ3n) is 9.25. The summed E-state index contributed by atoms with van der Waals surface area (Å²) < 4.78 is 4.05. The molecule has 3 heterocycles. The summed E-state index contributed by atoms with van der Waals surface area (Å²) in [6, 6.07) is 21.9. The fourth-order valence-electron chi connectivity index (χ4n) is 5.04. The van der Waals surface area contributed by atoms with E-state index in [1.807, 2.05) is 9.36 Å². The Morgan fingerprint density at radius 3 is 1.26 bits per heavy atom. The van der Waals surface area contributed by atoms with Gasteiger partial charge in [-0.1, -0.05) is 79.7 Å². The lowest BCUT2D eigenvalue weighted by Gasteiger charge is -2.42. The van der Waals surface area contributed by atoms with Gasteiger partial charge in [0, 0.05) is 34.1 Å². The van der Waals surface area contributed by atoms with Crippen molar-refractivity contribution in [3.63, 3.8) is 0 Å². The molecule has 0 aliphatic carbocycles. The highest BCUT2D eigenvalue weighted by Gasteiger charge is 2.43. The van der Waals surface area contributed by atoms with Crippen LogP contribution in [0, 0.1) is 0 Å². The summed E-state index contributed by atoms with van der Waals surface area (Å²) in [6.07, 6.45) is 4.19. The predicted molar refractivity (Wildman–Crippen MR) is 139 cm³/mol. The van der Waals surface area contributed by atoms with Crippen LogP contribution in [0.3, 0.4) is 0 Å². The third-order valence-corrected chi connectivity index (χ3v) is 9.25. The second-order valence-electron chi connectivity index (χ2n) is 11.9. The molecule has 4 nitrogen and oxygen atoms in total. The molecule has 0 spiro atoms. The molecule has 0 saturated heterocycles. The first-order valence-electron chi connectivity index (χ1n) is 12.2. The Morgan fingerprint density at radius 1 is 0.500 bits per heavy atom. The fraction of sp³-hybridized carbons (Fsp3) is 0.400. The zero-order valence-corrected chi connectivity index (χ0v) is 21.7. The zero-order valence-electron chi connectivity index (χ0n) is 21.7. The van der Waals surface area contributed by atoms with Crippen LogP contribution in [0.15, 0.2) is 73.1 Å². The molecule has 0 radical (unpaired) electrons. The number of benzene rings is 2. The summed E-state index contributed by atoms with van der Waals surface area (Å²) in [6.45, 7) is 18.4. The van der Waals surface area contributed by atoms with Crippen LogP contribution in [0.25, 0.3) is 11.4 Å². The van der Waals surface area contributed by atoms with E-state index in [0.717, 1.165) is 22.8 Å². The molecule has 0 saturated carbocycles. The summed E-state index contributed by atoms with van der Waals surface area (Å²) in [7, 11) is 0. The molecule has 0 N–H and O–H groups in total. The van der Waals surface area contributed by atoms with Gasteiger partial charge in [0.2, 0.25) is 0 Å². The minimum absolute atomic E-state index is 0.154. The molecular formula is C30H36N4. The van der Waals surface area contributed by atoms with Crippen molar-refractivity contribution in [2.75, 3.05) is 0 Å². The van der Waals surface area contributed by atoms with Gasteiger partial charge in [-0.3, -0.25) is 0 Å². The highest BCUT2D eigenvalue weighted by molar-refractivity contribution is 5.45. The van der Waals surface area contributed by atoms with E-state index in [0.29, 0.717) is 0 Å². The maximum absolute atomic E-state index is 5.10. The molecule has 0 unspecified atom stereocenters. The third kappa shape index (κ3) is 3.11. The topological polar surface area (TPSA) is 35.6 Å². The van der Waals surface area contributed by atoms with Crippen molar-refractivity contribution in [3.8, 4) is 11.4 Å². The molecule has 0 fully saturated rings. The van der Waals surface area contributed by atoms with Crippen molar-refractivity contribution >= 4 is 0 Å². The van der Waals surface area contributed by atoms with Gasteiger partial charge in [0.05, 0.1) is 22.8 Å². The van der Waals surface area contributed by atoms with Crippen molar-refractivity contribution in [1.29, 1.82) is 0 Å². The standard InChI is InChI=1S/C30H36N4/c1-27(2)21-11-9-13-23(19-21)33-18-16-26(32-33)30(7,8)28(3,4)22-12-10-14-24(20-22)34-17-15-25(31-34)29(27,5)6/h9-20H,1-8H3. The number of nitrogens with zero attached hydrogens (tertiary/aromatic N) is 4. The number of rotatable bonds is 0. The molecule has 2 aromatic heterocycles. The molecule has 2 aromatic carbocycles. The zero-order chi connectivity index (χ0) is 24.5. The van der Waals surface area contributed by atoms with E-state index in [9.17, 15) is 0 Å². The monoisotopic (exact) mass is 452 g/mol. The lowest BCUT2D eigenvalue weighted by molar-refractivity contribution is 0.292. The maximum atomic E-state index is 5.10. The van der Waals surface area contributed by atoms with Crippen LogP contribution in [-0.2, 0) is 21.7 Å². The Labute approximate surface area is 203 Å². The number of hydrogen-bond acceptors (Lipinski definition) is 2. The van der Waals surface area contributed by atoms with Gasteiger partial charge in [0.15, 0.2) is 0 Å². The second kappa shape index (κ2) is 7.18. The Bertz CT molecular complexity index is 1260. The second-order valence-corrected chi connectivity index (χ2v) is 11.9. The minimum atomic E-state index is -0.192. The van der Waals surface area contributed by atoms with E-state index in [4.69, 9.17) is 10.2 Å². The molecule has 0 atom stereocenters. The van der Waals surface area contributed by atoms with Crippen LogP contribution in [-0.4, -0.2) is 19.6 Å². The molecule has 8 bridgehead atoms. The Hall–Kier alpha value is -3.14. The lowest BCUT2D eigenvalue weighted by atomic mass is 9.62. The number of aromatic nitrogens is 4. The molecule has 4 aromatic rings. The van der Waals surface area contributed by atoms with Crippen LogP contribution in [0.4, 0.5) is 0 Å². The van der Waals surface area contributed by atoms with Crippen molar-refractivity contribution in [3.05, 3.63) is 95.6 Å². The molecule has 176 valence electrons. The van der Waals surface area contributed by atoms with Crippen molar-refractivity contribution in [2.24, 2.45) is 0 Å². The summed E-state index contributed by atoms with van der Waals surface area (Å²) >= 11 is 0. The van der Waals surface area contributed by atoms with E-state index >= 15 is 0 Å². The van der Waals surface area contributed by atoms with Crippen molar-refractivity contribution in [2.45, 2.75) is 77.0 Å². The first kappa shape index (κ1) is 22.6. The average molecular weight is 453 g/mol. The Morgan fingerprint density at radius 2 is 0.882 bits per heavy atom. The first-order chi connectivity index (χ1) is 15.9. The smallest absolute Gasteiger partial charge is 0.0693 e. The van der Waals surface area contributed by atoms with E-state index < -0.39 is 0 Å². The van der Waals surface area contributed by atoms with E-state index in [1.54, 1.807) is 0 Å². The van der Waals surface area contributed by atoms with E-state index in [2.05, 4.69) is 128 Å². The highest BCUT2D eigenvalue weighted by Crippen LogP contribution is 2.45. The molecule has 1 aliphatic rings. The van der Waals surface area contributed by atoms with E-state index in [-0.39, 0.29) is 21.7 Å². The van der Waals surface area contributed by atoms with Gasteiger partial charge < -0.3 is 0 Å². The predicted octanol–water partition coefficient (Wildman–Crippen LogP) is 6.88. The molecule has 34 heavy (non-hydrogen) atoms. The van der Waals surface area contributed by atoms with Gasteiger partial charge in [-0.05, 0) is 47.5 Å². The number of fused-ring (bicyclic) bond motifs is 10. The molecule has 4 heteroatoms. The van der Waals surface area contributed by atoms with Crippen LogP contribution in [0.1, 0.15) is 77.9 Å². The SMILES string of the molecule is CC1(C)c2cccc(c2)-n2ccc(n2)C(C)(C)C(C)(C)c2cccc(c2)-n2ccc(n2)C1(C)C.